The van der Waals surface area contributed by atoms with Crippen molar-refractivity contribution in [3.05, 3.63) is 41.9 Å². The second kappa shape index (κ2) is 8.98. The van der Waals surface area contributed by atoms with Crippen molar-refractivity contribution >= 4 is 18.0 Å². The van der Waals surface area contributed by atoms with Gasteiger partial charge in [0, 0.05) is 12.6 Å². The van der Waals surface area contributed by atoms with Gasteiger partial charge in [0.05, 0.1) is 6.26 Å². The van der Waals surface area contributed by atoms with Crippen molar-refractivity contribution in [1.29, 1.82) is 0 Å². The maximum atomic E-state index is 11.9. The molecule has 0 aliphatic heterocycles. The maximum Gasteiger partial charge on any atom is 0.331 e. The summed E-state index contributed by atoms with van der Waals surface area (Å²) in [5, 5.41) is 2.81. The summed E-state index contributed by atoms with van der Waals surface area (Å²) >= 11 is 0. The van der Waals surface area contributed by atoms with Crippen LogP contribution in [0.5, 0.6) is 0 Å². The van der Waals surface area contributed by atoms with Crippen LogP contribution in [0.4, 0.5) is 0 Å². The van der Waals surface area contributed by atoms with Crippen LogP contribution >= 0.6 is 0 Å². The Balaban J connectivity index is 1.67. The Morgan fingerprint density at radius 3 is 3.00 bits per heavy atom. The predicted octanol–water partition coefficient (Wildman–Crippen LogP) is 3.23. The molecule has 0 saturated carbocycles. The van der Waals surface area contributed by atoms with Crippen LogP contribution in [0.25, 0.3) is 6.08 Å². The Morgan fingerprint density at radius 1 is 1.43 bits per heavy atom. The first-order valence-electron chi connectivity index (χ1n) is 8.03. The zero-order chi connectivity index (χ0) is 16.5. The zero-order valence-electron chi connectivity index (χ0n) is 13.4. The molecule has 5 heteroatoms. The molecule has 0 unspecified atom stereocenters. The minimum Gasteiger partial charge on any atom is -0.465 e. The van der Waals surface area contributed by atoms with Crippen LogP contribution in [0.1, 0.15) is 44.8 Å². The highest BCUT2D eigenvalue weighted by atomic mass is 16.5. The summed E-state index contributed by atoms with van der Waals surface area (Å²) in [5.74, 6) is -0.292. The number of rotatable bonds is 7. The first kappa shape index (κ1) is 17.1. The van der Waals surface area contributed by atoms with E-state index in [4.69, 9.17) is 9.15 Å². The standard InChI is InChI=1S/C18H23NO4/c1-14(23-17(20)10-9-16-8-5-13-22-16)18(21)19-12-11-15-6-3-2-4-7-15/h5-6,8-10,13-14H,2-4,7,11-12H2,1H3,(H,19,21)/b10-9+/t14-/m1/s1. The van der Waals surface area contributed by atoms with Gasteiger partial charge in [-0.05, 0) is 57.2 Å². The summed E-state index contributed by atoms with van der Waals surface area (Å²) in [6, 6.07) is 3.45. The van der Waals surface area contributed by atoms with Gasteiger partial charge in [0.1, 0.15) is 5.76 Å². The first-order chi connectivity index (χ1) is 11.1. The molecule has 5 nitrogen and oxygen atoms in total. The Kier molecular flexibility index (Phi) is 6.66. The Morgan fingerprint density at radius 2 is 2.30 bits per heavy atom. The minimum absolute atomic E-state index is 0.277. The van der Waals surface area contributed by atoms with E-state index in [1.54, 1.807) is 19.1 Å². The smallest absolute Gasteiger partial charge is 0.331 e. The molecule has 1 aliphatic carbocycles. The SMILES string of the molecule is C[C@@H](OC(=O)/C=C/c1ccco1)C(=O)NCCC1=CCCCC1. The fourth-order valence-corrected chi connectivity index (χ4v) is 2.43. The van der Waals surface area contributed by atoms with Gasteiger partial charge in [0.2, 0.25) is 0 Å². The molecule has 1 aliphatic rings. The summed E-state index contributed by atoms with van der Waals surface area (Å²) in [5.41, 5.74) is 1.41. The lowest BCUT2D eigenvalue weighted by atomic mass is 9.97. The highest BCUT2D eigenvalue weighted by Crippen LogP contribution is 2.19. The van der Waals surface area contributed by atoms with Crippen LogP contribution in [0, 0.1) is 0 Å². The number of furan rings is 1. The van der Waals surface area contributed by atoms with Crippen molar-refractivity contribution in [2.75, 3.05) is 6.54 Å². The summed E-state index contributed by atoms with van der Waals surface area (Å²) in [6.07, 6.45) is 11.3. The van der Waals surface area contributed by atoms with Gasteiger partial charge >= 0.3 is 5.97 Å². The first-order valence-corrected chi connectivity index (χ1v) is 8.03. The van der Waals surface area contributed by atoms with Crippen LogP contribution in [0.3, 0.4) is 0 Å². The van der Waals surface area contributed by atoms with Gasteiger partial charge in [-0.2, -0.15) is 0 Å². The molecule has 0 bridgehead atoms. The lowest BCUT2D eigenvalue weighted by molar-refractivity contribution is -0.150. The molecular formula is C18H23NO4. The Hall–Kier alpha value is -2.30. The average molecular weight is 317 g/mol. The number of amides is 1. The van der Waals surface area contributed by atoms with E-state index in [1.807, 2.05) is 0 Å². The number of hydrogen-bond acceptors (Lipinski definition) is 4. The van der Waals surface area contributed by atoms with E-state index in [0.717, 1.165) is 19.3 Å². The third-order valence-electron chi connectivity index (χ3n) is 3.72. The van der Waals surface area contributed by atoms with Crippen molar-refractivity contribution in [3.63, 3.8) is 0 Å². The number of ether oxygens (including phenoxy) is 1. The molecule has 0 aromatic carbocycles. The lowest BCUT2D eigenvalue weighted by Gasteiger charge is -2.15. The van der Waals surface area contributed by atoms with E-state index in [-0.39, 0.29) is 5.91 Å². The van der Waals surface area contributed by atoms with Crippen molar-refractivity contribution in [2.24, 2.45) is 0 Å². The normalized spacial score (nSPS) is 16.0. The number of carbonyl (C=O) groups is 2. The van der Waals surface area contributed by atoms with Crippen LogP contribution in [0.15, 0.2) is 40.5 Å². The van der Waals surface area contributed by atoms with E-state index in [9.17, 15) is 9.59 Å². The summed E-state index contributed by atoms with van der Waals surface area (Å²) < 4.78 is 10.1. The van der Waals surface area contributed by atoms with E-state index < -0.39 is 12.1 Å². The van der Waals surface area contributed by atoms with Gasteiger partial charge in [-0.25, -0.2) is 4.79 Å². The van der Waals surface area contributed by atoms with Gasteiger partial charge in [0.25, 0.3) is 5.91 Å². The molecule has 1 atom stereocenters. The molecule has 1 heterocycles. The topological polar surface area (TPSA) is 68.5 Å². The quantitative estimate of drug-likeness (QED) is 0.476. The summed E-state index contributed by atoms with van der Waals surface area (Å²) in [7, 11) is 0. The van der Waals surface area contributed by atoms with E-state index in [0.29, 0.717) is 12.3 Å². The van der Waals surface area contributed by atoms with Gasteiger partial charge in [-0.15, -0.1) is 0 Å². The number of esters is 1. The highest BCUT2D eigenvalue weighted by Gasteiger charge is 2.16. The van der Waals surface area contributed by atoms with Gasteiger partial charge in [-0.3, -0.25) is 4.79 Å². The van der Waals surface area contributed by atoms with E-state index in [1.165, 1.54) is 36.8 Å². The highest BCUT2D eigenvalue weighted by molar-refractivity contribution is 5.90. The van der Waals surface area contributed by atoms with Crippen LogP contribution in [-0.2, 0) is 14.3 Å². The molecule has 1 aromatic rings. The van der Waals surface area contributed by atoms with Crippen LogP contribution in [0.2, 0.25) is 0 Å². The lowest BCUT2D eigenvalue weighted by Crippen LogP contribution is -2.36. The number of carbonyl (C=O) groups excluding carboxylic acids is 2. The molecule has 1 amide bonds. The predicted molar refractivity (Wildman–Crippen MR) is 87.5 cm³/mol. The fraction of sp³-hybridized carbons (Fsp3) is 0.444. The number of nitrogens with one attached hydrogen (secondary N) is 1. The van der Waals surface area contributed by atoms with Crippen LogP contribution in [-0.4, -0.2) is 24.5 Å². The molecular weight excluding hydrogens is 294 g/mol. The third kappa shape index (κ3) is 6.14. The molecule has 124 valence electrons. The van der Waals surface area contributed by atoms with E-state index >= 15 is 0 Å². The minimum atomic E-state index is -0.816. The monoisotopic (exact) mass is 317 g/mol. The molecule has 0 spiro atoms. The largest absolute Gasteiger partial charge is 0.465 e. The van der Waals surface area contributed by atoms with Gasteiger partial charge in [0.15, 0.2) is 6.10 Å². The van der Waals surface area contributed by atoms with Crippen molar-refractivity contribution < 1.29 is 18.7 Å². The molecule has 1 aromatic heterocycles. The van der Waals surface area contributed by atoms with Crippen molar-refractivity contribution in [2.45, 2.75) is 45.1 Å². The van der Waals surface area contributed by atoms with E-state index in [2.05, 4.69) is 11.4 Å². The molecule has 1 N–H and O–H groups in total. The molecule has 0 fully saturated rings. The summed E-state index contributed by atoms with van der Waals surface area (Å²) in [6.45, 7) is 2.14. The van der Waals surface area contributed by atoms with Gasteiger partial charge in [-0.1, -0.05) is 11.6 Å². The summed E-state index contributed by atoms with van der Waals surface area (Å²) in [4.78, 5) is 23.5. The van der Waals surface area contributed by atoms with Crippen molar-refractivity contribution in [3.8, 4) is 0 Å². The second-order valence-corrected chi connectivity index (χ2v) is 5.58. The molecule has 2 rings (SSSR count). The fourth-order valence-electron chi connectivity index (χ4n) is 2.43. The maximum absolute atomic E-state index is 11.9. The number of hydrogen-bond donors (Lipinski definition) is 1. The number of allylic oxidation sites excluding steroid dienone is 1. The molecule has 0 saturated heterocycles. The molecule has 0 radical (unpaired) electrons. The van der Waals surface area contributed by atoms with Crippen LogP contribution < -0.4 is 5.32 Å². The van der Waals surface area contributed by atoms with Crippen molar-refractivity contribution in [1.82, 2.24) is 5.32 Å². The Bertz CT molecular complexity index is 572. The molecule has 23 heavy (non-hydrogen) atoms. The Labute approximate surface area is 136 Å². The average Bonchev–Trinajstić information content (AvgIpc) is 3.07. The second-order valence-electron chi connectivity index (χ2n) is 5.58. The zero-order valence-corrected chi connectivity index (χ0v) is 13.4. The van der Waals surface area contributed by atoms with Gasteiger partial charge < -0.3 is 14.5 Å². The third-order valence-corrected chi connectivity index (χ3v) is 3.72.